The first-order valence-corrected chi connectivity index (χ1v) is 7.65. The van der Waals surface area contributed by atoms with Gasteiger partial charge in [-0.2, -0.15) is 0 Å². The molecule has 0 aromatic rings. The van der Waals surface area contributed by atoms with Crippen molar-refractivity contribution in [2.45, 2.75) is 76.9 Å². The summed E-state index contributed by atoms with van der Waals surface area (Å²) in [4.78, 5) is 11.8. The Labute approximate surface area is 111 Å². The molecule has 0 bridgehead atoms. The van der Waals surface area contributed by atoms with E-state index in [0.717, 1.165) is 31.6 Å². The third-order valence-electron chi connectivity index (χ3n) is 4.38. The van der Waals surface area contributed by atoms with Crippen LogP contribution in [0.15, 0.2) is 0 Å². The SMILES string of the molecule is CC1CCC(NC(=O)COC2CCCCC2)CC1. The number of hydrogen-bond donors (Lipinski definition) is 1. The molecular weight excluding hydrogens is 226 g/mol. The fourth-order valence-corrected chi connectivity index (χ4v) is 3.10. The molecule has 104 valence electrons. The quantitative estimate of drug-likeness (QED) is 0.836. The maximum atomic E-state index is 11.8. The van der Waals surface area contributed by atoms with Gasteiger partial charge in [0, 0.05) is 6.04 Å². The number of amides is 1. The van der Waals surface area contributed by atoms with Crippen LogP contribution in [-0.2, 0) is 9.53 Å². The highest BCUT2D eigenvalue weighted by atomic mass is 16.5. The van der Waals surface area contributed by atoms with E-state index in [1.807, 2.05) is 0 Å². The van der Waals surface area contributed by atoms with Crippen molar-refractivity contribution in [1.82, 2.24) is 5.32 Å². The van der Waals surface area contributed by atoms with Gasteiger partial charge in [-0.05, 0) is 44.4 Å². The Bertz CT molecular complexity index is 253. The molecule has 0 saturated heterocycles. The third kappa shape index (κ3) is 4.60. The molecule has 2 rings (SSSR count). The maximum absolute atomic E-state index is 11.8. The van der Waals surface area contributed by atoms with E-state index < -0.39 is 0 Å². The first-order valence-electron chi connectivity index (χ1n) is 7.65. The van der Waals surface area contributed by atoms with Gasteiger partial charge in [0.15, 0.2) is 0 Å². The predicted octanol–water partition coefficient (Wildman–Crippen LogP) is 3.03. The van der Waals surface area contributed by atoms with E-state index in [0.29, 0.717) is 12.1 Å². The van der Waals surface area contributed by atoms with Crippen molar-refractivity contribution >= 4 is 5.91 Å². The van der Waals surface area contributed by atoms with Gasteiger partial charge < -0.3 is 10.1 Å². The Balaban J connectivity index is 1.59. The van der Waals surface area contributed by atoms with E-state index >= 15 is 0 Å². The standard InChI is InChI=1S/C15H27NO2/c1-12-7-9-13(10-8-12)16-15(17)11-18-14-5-3-2-4-6-14/h12-14H,2-11H2,1H3,(H,16,17). The van der Waals surface area contributed by atoms with Crippen molar-refractivity contribution in [2.75, 3.05) is 6.61 Å². The van der Waals surface area contributed by atoms with Gasteiger partial charge in [-0.1, -0.05) is 26.2 Å². The minimum Gasteiger partial charge on any atom is -0.368 e. The molecule has 2 fully saturated rings. The van der Waals surface area contributed by atoms with Gasteiger partial charge in [0.25, 0.3) is 0 Å². The molecule has 2 aliphatic carbocycles. The Morgan fingerprint density at radius 2 is 1.72 bits per heavy atom. The second kappa shape index (κ2) is 7.13. The summed E-state index contributed by atoms with van der Waals surface area (Å²) in [5, 5.41) is 3.12. The smallest absolute Gasteiger partial charge is 0.246 e. The van der Waals surface area contributed by atoms with Crippen LogP contribution in [0.4, 0.5) is 0 Å². The molecule has 0 atom stereocenters. The molecule has 0 aromatic heterocycles. The highest BCUT2D eigenvalue weighted by molar-refractivity contribution is 5.77. The lowest BCUT2D eigenvalue weighted by Crippen LogP contribution is -2.40. The number of ether oxygens (including phenoxy) is 1. The summed E-state index contributed by atoms with van der Waals surface area (Å²) in [6.45, 7) is 2.56. The lowest BCUT2D eigenvalue weighted by Gasteiger charge is -2.27. The zero-order valence-electron chi connectivity index (χ0n) is 11.6. The molecule has 2 aliphatic rings. The lowest BCUT2D eigenvalue weighted by atomic mass is 9.87. The molecule has 3 nitrogen and oxygen atoms in total. The number of nitrogens with one attached hydrogen (secondary N) is 1. The van der Waals surface area contributed by atoms with Crippen molar-refractivity contribution in [3.8, 4) is 0 Å². The first-order chi connectivity index (χ1) is 8.74. The summed E-state index contributed by atoms with van der Waals surface area (Å²) in [6.07, 6.45) is 11.2. The van der Waals surface area contributed by atoms with E-state index in [4.69, 9.17) is 4.74 Å². The van der Waals surface area contributed by atoms with Crippen molar-refractivity contribution < 1.29 is 9.53 Å². The molecule has 0 spiro atoms. The monoisotopic (exact) mass is 253 g/mol. The fourth-order valence-electron chi connectivity index (χ4n) is 3.10. The number of hydrogen-bond acceptors (Lipinski definition) is 2. The van der Waals surface area contributed by atoms with Crippen LogP contribution in [0.2, 0.25) is 0 Å². The van der Waals surface area contributed by atoms with E-state index in [1.165, 1.54) is 32.1 Å². The average molecular weight is 253 g/mol. The molecular formula is C15H27NO2. The van der Waals surface area contributed by atoms with Crippen LogP contribution in [-0.4, -0.2) is 24.7 Å². The van der Waals surface area contributed by atoms with Crippen LogP contribution in [0, 0.1) is 5.92 Å². The summed E-state index contributed by atoms with van der Waals surface area (Å²) in [5.41, 5.74) is 0. The number of carbonyl (C=O) groups is 1. The highest BCUT2D eigenvalue weighted by Gasteiger charge is 2.20. The fraction of sp³-hybridized carbons (Fsp3) is 0.933. The average Bonchev–Trinajstić information content (AvgIpc) is 2.40. The summed E-state index contributed by atoms with van der Waals surface area (Å²) in [5.74, 6) is 0.914. The van der Waals surface area contributed by atoms with Crippen LogP contribution in [0.1, 0.15) is 64.7 Å². The van der Waals surface area contributed by atoms with Gasteiger partial charge in [-0.3, -0.25) is 4.79 Å². The summed E-state index contributed by atoms with van der Waals surface area (Å²) in [6, 6.07) is 0.392. The second-order valence-electron chi connectivity index (χ2n) is 6.10. The van der Waals surface area contributed by atoms with Crippen molar-refractivity contribution in [3.05, 3.63) is 0 Å². The van der Waals surface area contributed by atoms with Gasteiger partial charge in [0.2, 0.25) is 5.91 Å². The molecule has 0 unspecified atom stereocenters. The third-order valence-corrected chi connectivity index (χ3v) is 4.38. The topological polar surface area (TPSA) is 38.3 Å². The molecule has 0 heterocycles. The van der Waals surface area contributed by atoms with Gasteiger partial charge in [0.1, 0.15) is 6.61 Å². The van der Waals surface area contributed by atoms with Gasteiger partial charge in [0.05, 0.1) is 6.10 Å². The van der Waals surface area contributed by atoms with Crippen LogP contribution in [0.3, 0.4) is 0 Å². The van der Waals surface area contributed by atoms with Crippen molar-refractivity contribution in [3.63, 3.8) is 0 Å². The molecule has 18 heavy (non-hydrogen) atoms. The summed E-state index contributed by atoms with van der Waals surface area (Å²) in [7, 11) is 0. The minimum absolute atomic E-state index is 0.0835. The van der Waals surface area contributed by atoms with Crippen molar-refractivity contribution in [1.29, 1.82) is 0 Å². The molecule has 1 amide bonds. The van der Waals surface area contributed by atoms with E-state index in [-0.39, 0.29) is 12.5 Å². The second-order valence-corrected chi connectivity index (χ2v) is 6.10. The number of rotatable bonds is 4. The van der Waals surface area contributed by atoms with E-state index in [2.05, 4.69) is 12.2 Å². The summed E-state index contributed by atoms with van der Waals surface area (Å²) >= 11 is 0. The van der Waals surface area contributed by atoms with Crippen LogP contribution >= 0.6 is 0 Å². The van der Waals surface area contributed by atoms with Gasteiger partial charge >= 0.3 is 0 Å². The van der Waals surface area contributed by atoms with Gasteiger partial charge in [-0.25, -0.2) is 0 Å². The van der Waals surface area contributed by atoms with Crippen molar-refractivity contribution in [2.24, 2.45) is 5.92 Å². The Kier molecular flexibility index (Phi) is 5.48. The zero-order valence-corrected chi connectivity index (χ0v) is 11.6. The Morgan fingerprint density at radius 3 is 2.39 bits per heavy atom. The summed E-state index contributed by atoms with van der Waals surface area (Å²) < 4.78 is 5.70. The molecule has 0 aliphatic heterocycles. The van der Waals surface area contributed by atoms with Crippen LogP contribution < -0.4 is 5.32 Å². The Morgan fingerprint density at radius 1 is 1.06 bits per heavy atom. The normalized spacial score (nSPS) is 30.1. The minimum atomic E-state index is 0.0835. The molecule has 2 saturated carbocycles. The van der Waals surface area contributed by atoms with E-state index in [1.54, 1.807) is 0 Å². The predicted molar refractivity (Wildman–Crippen MR) is 72.4 cm³/mol. The maximum Gasteiger partial charge on any atom is 0.246 e. The highest BCUT2D eigenvalue weighted by Crippen LogP contribution is 2.23. The van der Waals surface area contributed by atoms with Gasteiger partial charge in [-0.15, -0.1) is 0 Å². The first kappa shape index (κ1) is 13.9. The molecule has 0 aromatic carbocycles. The van der Waals surface area contributed by atoms with E-state index in [9.17, 15) is 4.79 Å². The number of carbonyl (C=O) groups excluding carboxylic acids is 1. The van der Waals surface area contributed by atoms with Crippen LogP contribution in [0.25, 0.3) is 0 Å². The zero-order chi connectivity index (χ0) is 12.8. The largest absolute Gasteiger partial charge is 0.368 e. The Hall–Kier alpha value is -0.570. The lowest BCUT2D eigenvalue weighted by molar-refractivity contribution is -0.129. The van der Waals surface area contributed by atoms with Crippen LogP contribution in [0.5, 0.6) is 0 Å². The molecule has 1 N–H and O–H groups in total. The molecule has 3 heteroatoms. The molecule has 0 radical (unpaired) electrons.